The van der Waals surface area contributed by atoms with Gasteiger partial charge in [0.25, 0.3) is 0 Å². The molecular weight excluding hydrogens is 420 g/mol. The summed E-state index contributed by atoms with van der Waals surface area (Å²) >= 11 is 0. The van der Waals surface area contributed by atoms with Gasteiger partial charge in [0.05, 0.1) is 18.7 Å². The Hall–Kier alpha value is -3.94. The van der Waals surface area contributed by atoms with E-state index in [1.54, 1.807) is 31.2 Å². The lowest BCUT2D eigenvalue weighted by atomic mass is 9.80. The number of esters is 1. The molecule has 0 aliphatic carbocycles. The number of aromatic nitrogens is 1. The summed E-state index contributed by atoms with van der Waals surface area (Å²) in [4.78, 5) is 24.2. The van der Waals surface area contributed by atoms with Gasteiger partial charge in [0.2, 0.25) is 5.88 Å². The SMILES string of the molecule is CCOC(=O)CCNC(=N)Nc1cc(C(C)(C)c2cccc(C(=O)c3ccccc3)c2)no1. The van der Waals surface area contributed by atoms with Gasteiger partial charge in [0.15, 0.2) is 11.7 Å². The number of carbonyl (C=O) groups excluding carboxylic acids is 2. The molecule has 172 valence electrons. The number of guanidine groups is 1. The highest BCUT2D eigenvalue weighted by atomic mass is 16.5. The Morgan fingerprint density at radius 2 is 1.79 bits per heavy atom. The zero-order valence-corrected chi connectivity index (χ0v) is 19.0. The van der Waals surface area contributed by atoms with Crippen molar-refractivity contribution in [1.82, 2.24) is 10.5 Å². The average molecular weight is 449 g/mol. The van der Waals surface area contributed by atoms with Gasteiger partial charge in [-0.05, 0) is 18.6 Å². The molecule has 1 aromatic heterocycles. The maximum atomic E-state index is 12.8. The summed E-state index contributed by atoms with van der Waals surface area (Å²) in [6.45, 7) is 6.32. The zero-order chi connectivity index (χ0) is 23.8. The highest BCUT2D eigenvalue weighted by Crippen LogP contribution is 2.32. The number of carbonyl (C=O) groups is 2. The Labute approximate surface area is 192 Å². The van der Waals surface area contributed by atoms with E-state index in [9.17, 15) is 9.59 Å². The smallest absolute Gasteiger partial charge is 0.307 e. The first-order valence-electron chi connectivity index (χ1n) is 10.7. The summed E-state index contributed by atoms with van der Waals surface area (Å²) in [5, 5.41) is 17.7. The molecule has 0 amide bonds. The maximum Gasteiger partial charge on any atom is 0.307 e. The highest BCUT2D eigenvalue weighted by Gasteiger charge is 2.28. The van der Waals surface area contributed by atoms with Crippen LogP contribution < -0.4 is 10.6 Å². The fourth-order valence-corrected chi connectivity index (χ4v) is 3.27. The lowest BCUT2D eigenvalue weighted by Gasteiger charge is -2.22. The van der Waals surface area contributed by atoms with Gasteiger partial charge >= 0.3 is 5.97 Å². The second-order valence-corrected chi connectivity index (χ2v) is 7.96. The number of benzene rings is 2. The number of rotatable bonds is 9. The molecule has 0 saturated carbocycles. The zero-order valence-electron chi connectivity index (χ0n) is 19.0. The normalized spacial score (nSPS) is 11.0. The largest absolute Gasteiger partial charge is 0.466 e. The van der Waals surface area contributed by atoms with Gasteiger partial charge in [-0.3, -0.25) is 20.3 Å². The van der Waals surface area contributed by atoms with E-state index in [0.29, 0.717) is 29.3 Å². The number of ketones is 1. The van der Waals surface area contributed by atoms with Crippen LogP contribution in [0.3, 0.4) is 0 Å². The second-order valence-electron chi connectivity index (χ2n) is 7.96. The highest BCUT2D eigenvalue weighted by molar-refractivity contribution is 6.09. The number of hydrogen-bond donors (Lipinski definition) is 3. The van der Waals surface area contributed by atoms with E-state index in [1.165, 1.54) is 0 Å². The number of hydrogen-bond acceptors (Lipinski definition) is 6. The molecule has 33 heavy (non-hydrogen) atoms. The fourth-order valence-electron chi connectivity index (χ4n) is 3.27. The minimum absolute atomic E-state index is 0.0183. The molecule has 0 aliphatic rings. The van der Waals surface area contributed by atoms with Crippen LogP contribution >= 0.6 is 0 Å². The number of ether oxygens (including phenoxy) is 1. The van der Waals surface area contributed by atoms with Crippen LogP contribution in [0.1, 0.15) is 54.4 Å². The molecule has 0 radical (unpaired) electrons. The first-order valence-corrected chi connectivity index (χ1v) is 10.7. The quantitative estimate of drug-likeness (QED) is 0.195. The molecule has 3 rings (SSSR count). The van der Waals surface area contributed by atoms with Crippen molar-refractivity contribution < 1.29 is 18.8 Å². The van der Waals surface area contributed by atoms with Gasteiger partial charge in [0, 0.05) is 29.2 Å². The van der Waals surface area contributed by atoms with Gasteiger partial charge in [-0.15, -0.1) is 0 Å². The van der Waals surface area contributed by atoms with Crippen molar-refractivity contribution in [2.45, 2.75) is 32.6 Å². The van der Waals surface area contributed by atoms with Gasteiger partial charge < -0.3 is 14.6 Å². The Kier molecular flexibility index (Phi) is 7.61. The van der Waals surface area contributed by atoms with Crippen LogP contribution in [0.2, 0.25) is 0 Å². The van der Waals surface area contributed by atoms with Crippen molar-refractivity contribution >= 4 is 23.6 Å². The topological polar surface area (TPSA) is 117 Å². The first kappa shape index (κ1) is 23.7. The molecule has 1 heterocycles. The molecule has 0 aliphatic heterocycles. The summed E-state index contributed by atoms with van der Waals surface area (Å²) < 4.78 is 10.2. The first-order chi connectivity index (χ1) is 15.8. The van der Waals surface area contributed by atoms with Crippen molar-refractivity contribution in [2.24, 2.45) is 0 Å². The summed E-state index contributed by atoms with van der Waals surface area (Å²) in [5.74, 6) is -0.0916. The molecule has 3 aromatic rings. The molecule has 0 atom stereocenters. The predicted molar refractivity (Wildman–Crippen MR) is 126 cm³/mol. The molecule has 8 nitrogen and oxygen atoms in total. The standard InChI is InChI=1S/C25H28N4O4/c1-4-32-22(30)13-14-27-24(26)28-21-16-20(29-33-21)25(2,3)19-12-8-11-18(15-19)23(31)17-9-6-5-7-10-17/h5-12,15-16H,4,13-14H2,1-3H3,(H3,26,27,28). The van der Waals surface area contributed by atoms with Gasteiger partial charge in [0.1, 0.15) is 0 Å². The summed E-state index contributed by atoms with van der Waals surface area (Å²) in [6.07, 6.45) is 0.157. The van der Waals surface area contributed by atoms with Crippen molar-refractivity contribution in [3.63, 3.8) is 0 Å². The lowest BCUT2D eigenvalue weighted by molar-refractivity contribution is -0.142. The second kappa shape index (κ2) is 10.6. The summed E-state index contributed by atoms with van der Waals surface area (Å²) in [7, 11) is 0. The van der Waals surface area contributed by atoms with Crippen molar-refractivity contribution in [3.8, 4) is 0 Å². The van der Waals surface area contributed by atoms with E-state index in [2.05, 4.69) is 15.8 Å². The van der Waals surface area contributed by atoms with E-state index in [0.717, 1.165) is 5.56 Å². The average Bonchev–Trinajstić information content (AvgIpc) is 3.28. The predicted octanol–water partition coefficient (Wildman–Crippen LogP) is 4.12. The van der Waals surface area contributed by atoms with Crippen LogP contribution in [-0.2, 0) is 14.9 Å². The number of anilines is 1. The Morgan fingerprint density at radius 3 is 2.52 bits per heavy atom. The van der Waals surface area contributed by atoms with E-state index in [-0.39, 0.29) is 30.7 Å². The van der Waals surface area contributed by atoms with E-state index < -0.39 is 5.41 Å². The van der Waals surface area contributed by atoms with Crippen molar-refractivity contribution in [3.05, 3.63) is 83.0 Å². The molecule has 3 N–H and O–H groups in total. The van der Waals surface area contributed by atoms with Gasteiger partial charge in [-0.25, -0.2) is 0 Å². The van der Waals surface area contributed by atoms with Crippen molar-refractivity contribution in [2.75, 3.05) is 18.5 Å². The third-order valence-corrected chi connectivity index (χ3v) is 5.22. The molecule has 0 fully saturated rings. The molecule has 0 bridgehead atoms. The molecule has 0 spiro atoms. The lowest BCUT2D eigenvalue weighted by Crippen LogP contribution is -2.31. The van der Waals surface area contributed by atoms with Gasteiger partial charge in [-0.1, -0.05) is 67.5 Å². The minimum Gasteiger partial charge on any atom is -0.466 e. The van der Waals surface area contributed by atoms with Gasteiger partial charge in [-0.2, -0.15) is 0 Å². The number of nitrogens with zero attached hydrogens (tertiary/aromatic N) is 1. The van der Waals surface area contributed by atoms with E-state index >= 15 is 0 Å². The minimum atomic E-state index is -0.546. The fraction of sp³-hybridized carbons (Fsp3) is 0.280. The van der Waals surface area contributed by atoms with Crippen LogP contribution in [0.25, 0.3) is 0 Å². The Morgan fingerprint density at radius 1 is 1.06 bits per heavy atom. The van der Waals surface area contributed by atoms with E-state index in [4.69, 9.17) is 14.7 Å². The molecule has 8 heteroatoms. The Balaban J connectivity index is 1.67. The number of nitrogens with one attached hydrogen (secondary N) is 3. The third kappa shape index (κ3) is 6.06. The van der Waals surface area contributed by atoms with Crippen LogP contribution in [0.15, 0.2) is 65.2 Å². The molecule has 0 unspecified atom stereocenters. The van der Waals surface area contributed by atoms with E-state index in [1.807, 2.05) is 50.2 Å². The third-order valence-electron chi connectivity index (χ3n) is 5.22. The summed E-state index contributed by atoms with van der Waals surface area (Å²) in [5.41, 5.74) is 2.24. The van der Waals surface area contributed by atoms with Crippen LogP contribution in [-0.4, -0.2) is 36.0 Å². The molecular formula is C25H28N4O4. The van der Waals surface area contributed by atoms with Crippen LogP contribution in [0.5, 0.6) is 0 Å². The maximum absolute atomic E-state index is 12.8. The Bertz CT molecular complexity index is 1120. The summed E-state index contributed by atoms with van der Waals surface area (Å²) in [6, 6.07) is 18.3. The van der Waals surface area contributed by atoms with Crippen LogP contribution in [0, 0.1) is 5.41 Å². The molecule has 0 saturated heterocycles. The van der Waals surface area contributed by atoms with Crippen LogP contribution in [0.4, 0.5) is 5.88 Å². The molecule has 2 aromatic carbocycles. The monoisotopic (exact) mass is 448 g/mol. The van der Waals surface area contributed by atoms with Crippen molar-refractivity contribution in [1.29, 1.82) is 5.41 Å².